The van der Waals surface area contributed by atoms with Crippen molar-refractivity contribution < 1.29 is 9.47 Å². The Morgan fingerprint density at radius 1 is 0.745 bits per heavy atom. The lowest BCUT2D eigenvalue weighted by Crippen LogP contribution is -2.09. The topological polar surface area (TPSA) is 123 Å². The van der Waals surface area contributed by atoms with Crippen LogP contribution in [0.3, 0.4) is 0 Å². The summed E-state index contributed by atoms with van der Waals surface area (Å²) in [5.74, 6) is 1.02. The molecule has 0 aliphatic rings. The van der Waals surface area contributed by atoms with Crippen LogP contribution >= 0.6 is 31.9 Å². The van der Waals surface area contributed by atoms with Gasteiger partial charge in [-0.3, -0.25) is 9.97 Å². The number of hydrogen-bond donors (Lipinski definition) is 2. The maximum Gasteiger partial charge on any atom is 0.130 e. The van der Waals surface area contributed by atoms with E-state index >= 15 is 0 Å². The van der Waals surface area contributed by atoms with Gasteiger partial charge in [-0.2, -0.15) is 10.5 Å². The van der Waals surface area contributed by atoms with E-state index in [1.807, 2.05) is 69.6 Å². The van der Waals surface area contributed by atoms with Gasteiger partial charge in [-0.15, -0.1) is 0 Å². The number of benzene rings is 2. The second kappa shape index (κ2) is 13.7. The number of pyridine rings is 2. The summed E-state index contributed by atoms with van der Waals surface area (Å²) in [6.07, 6.45) is 10.1. The molecular weight excluding hydrogens is 720 g/mol. The normalized spacial score (nSPS) is 12.4. The summed E-state index contributed by atoms with van der Waals surface area (Å²) in [6, 6.07) is 20.3. The Morgan fingerprint density at radius 2 is 1.23 bits per heavy atom. The molecule has 6 aromatic rings. The predicted octanol–water partition coefficient (Wildman–Crippen LogP) is 9.72. The van der Waals surface area contributed by atoms with E-state index in [2.05, 4.69) is 63.9 Å². The van der Waals surface area contributed by atoms with E-state index in [1.54, 1.807) is 36.9 Å². The summed E-state index contributed by atoms with van der Waals surface area (Å²) in [4.78, 5) is 15.6. The first kappa shape index (κ1) is 31.8. The highest BCUT2D eigenvalue weighted by Crippen LogP contribution is 2.48. The van der Waals surface area contributed by atoms with Gasteiger partial charge in [0.25, 0.3) is 0 Å². The Bertz CT molecular complexity index is 2280. The summed E-state index contributed by atoms with van der Waals surface area (Å²) in [7, 11) is 0. The van der Waals surface area contributed by atoms with Gasteiger partial charge in [0.1, 0.15) is 23.6 Å². The Kier molecular flexibility index (Phi) is 9.26. The fourth-order valence-electron chi connectivity index (χ4n) is 5.67. The second-order valence-corrected chi connectivity index (χ2v) is 12.7. The van der Waals surface area contributed by atoms with Crippen LogP contribution in [-0.4, -0.2) is 32.6 Å². The maximum atomic E-state index is 11.1. The minimum atomic E-state index is -0.182. The number of nitrogens with zero attached hydrogens (tertiary/aromatic N) is 4. The highest BCUT2D eigenvalue weighted by atomic mass is 79.9. The Balaban J connectivity index is 1.86. The molecule has 0 saturated carbocycles. The van der Waals surface area contributed by atoms with Crippen LogP contribution in [0.1, 0.15) is 43.0 Å². The van der Waals surface area contributed by atoms with Crippen molar-refractivity contribution in [3.63, 3.8) is 0 Å². The zero-order valence-electron chi connectivity index (χ0n) is 25.7. The number of hydrogen-bond acceptors (Lipinski definition) is 6. The average Bonchev–Trinajstić information content (AvgIpc) is 3.67. The lowest BCUT2D eigenvalue weighted by atomic mass is 9.82. The number of rotatable bonds is 9. The fourth-order valence-corrected chi connectivity index (χ4v) is 6.39. The van der Waals surface area contributed by atoms with Gasteiger partial charge in [0.05, 0.1) is 23.9 Å². The lowest BCUT2D eigenvalue weighted by molar-refractivity contribution is 0.241. The molecule has 0 amide bonds. The zero-order valence-corrected chi connectivity index (χ0v) is 28.9. The third-order valence-electron chi connectivity index (χ3n) is 7.56. The smallest absolute Gasteiger partial charge is 0.130 e. The molecule has 0 bridgehead atoms. The van der Waals surface area contributed by atoms with Crippen LogP contribution in [0.15, 0.2) is 94.7 Å². The number of aromatic amines is 2. The maximum absolute atomic E-state index is 11.1. The molecule has 0 atom stereocenters. The first-order valence-corrected chi connectivity index (χ1v) is 16.4. The average molecular weight is 748 g/mol. The van der Waals surface area contributed by atoms with E-state index in [9.17, 15) is 10.5 Å². The number of halogens is 2. The van der Waals surface area contributed by atoms with Crippen molar-refractivity contribution in [1.82, 2.24) is 19.9 Å². The van der Waals surface area contributed by atoms with Gasteiger partial charge >= 0.3 is 0 Å². The van der Waals surface area contributed by atoms with Gasteiger partial charge in [0.15, 0.2) is 0 Å². The molecule has 2 aromatic carbocycles. The molecule has 4 heterocycles. The first-order chi connectivity index (χ1) is 22.8. The number of aromatic nitrogens is 4. The number of nitriles is 2. The summed E-state index contributed by atoms with van der Waals surface area (Å²) >= 11 is 7.19. The van der Waals surface area contributed by atoms with Crippen molar-refractivity contribution in [2.45, 2.75) is 26.9 Å². The molecule has 0 unspecified atom stereocenters. The molecule has 0 aliphatic carbocycles. The number of allylic oxidation sites excluding steroid dienone is 4. The van der Waals surface area contributed by atoms with Gasteiger partial charge in [-0.05, 0) is 69.3 Å². The first-order valence-electron chi connectivity index (χ1n) is 14.9. The van der Waals surface area contributed by atoms with Crippen LogP contribution in [0.25, 0.3) is 44.1 Å². The van der Waals surface area contributed by atoms with E-state index in [0.717, 1.165) is 30.8 Å². The molecule has 10 heteroatoms. The van der Waals surface area contributed by atoms with Crippen molar-refractivity contribution in [1.29, 1.82) is 10.5 Å². The molecule has 2 N–H and O–H groups in total. The van der Waals surface area contributed by atoms with Crippen molar-refractivity contribution in [2.24, 2.45) is 0 Å². The second-order valence-electron chi connectivity index (χ2n) is 10.9. The highest BCUT2D eigenvalue weighted by molar-refractivity contribution is 9.10. The summed E-state index contributed by atoms with van der Waals surface area (Å²) in [5.41, 5.74) is 5.61. The SMILES string of the molecule is CCOc1ccncc1C(/C(=C(/C#N)c1c[nH]c2ccc(Br)cc12)c1cnccc1OC(C)C)=C(\C#N)c1c[nH]c2ccc(Br)cc12. The van der Waals surface area contributed by atoms with Crippen molar-refractivity contribution >= 4 is 76.0 Å². The van der Waals surface area contributed by atoms with E-state index in [0.29, 0.717) is 62.7 Å². The molecule has 0 radical (unpaired) electrons. The predicted molar refractivity (Wildman–Crippen MR) is 192 cm³/mol. The van der Waals surface area contributed by atoms with Gasteiger partial charge in [0, 0.05) is 101 Å². The van der Waals surface area contributed by atoms with E-state index in [1.165, 1.54) is 0 Å². The lowest BCUT2D eigenvalue weighted by Gasteiger charge is -2.22. The molecule has 0 aliphatic heterocycles. The molecule has 4 aromatic heterocycles. The van der Waals surface area contributed by atoms with Crippen LogP contribution in [-0.2, 0) is 0 Å². The van der Waals surface area contributed by atoms with Crippen LogP contribution in [0.2, 0.25) is 0 Å². The van der Waals surface area contributed by atoms with Crippen molar-refractivity contribution in [3.8, 4) is 23.6 Å². The van der Waals surface area contributed by atoms with Crippen LogP contribution in [0, 0.1) is 22.7 Å². The molecule has 0 saturated heterocycles. The van der Waals surface area contributed by atoms with Crippen LogP contribution < -0.4 is 9.47 Å². The van der Waals surface area contributed by atoms with Crippen molar-refractivity contribution in [3.05, 3.63) is 117 Å². The minimum absolute atomic E-state index is 0.182. The molecule has 8 nitrogen and oxygen atoms in total. The van der Waals surface area contributed by atoms with E-state index in [4.69, 9.17) is 9.47 Å². The third kappa shape index (κ3) is 6.18. The summed E-state index contributed by atoms with van der Waals surface area (Å²) in [6.45, 7) is 6.14. The number of ether oxygens (including phenoxy) is 2. The highest BCUT2D eigenvalue weighted by Gasteiger charge is 2.29. The Labute approximate surface area is 288 Å². The number of H-pyrrole nitrogens is 2. The molecule has 6 rings (SSSR count). The summed E-state index contributed by atoms with van der Waals surface area (Å²) in [5, 5.41) is 23.9. The quantitative estimate of drug-likeness (QED) is 0.112. The fraction of sp³-hybridized carbons (Fsp3) is 0.135. The Morgan fingerprint density at radius 3 is 1.70 bits per heavy atom. The largest absolute Gasteiger partial charge is 0.493 e. The van der Waals surface area contributed by atoms with Crippen LogP contribution in [0.5, 0.6) is 11.5 Å². The van der Waals surface area contributed by atoms with Crippen LogP contribution in [0.4, 0.5) is 0 Å². The standard InChI is InChI=1S/C37H28Br2N6O2/c1-4-46-34-9-11-42-17-30(34)36(26(15-40)28-19-44-32-7-5-22(38)13-24(28)32)37(31-18-43-12-10-35(31)47-21(2)3)27(16-41)29-20-45-33-8-6-23(39)14-25(29)33/h5-14,17-21,44-45H,4H2,1-3H3/b36-26-,37-27-. The van der Waals surface area contributed by atoms with Gasteiger partial charge < -0.3 is 19.4 Å². The van der Waals surface area contributed by atoms with Gasteiger partial charge in [-0.1, -0.05) is 31.9 Å². The van der Waals surface area contributed by atoms with E-state index in [-0.39, 0.29) is 6.10 Å². The molecular formula is C37H28Br2N6O2. The third-order valence-corrected chi connectivity index (χ3v) is 8.55. The number of fused-ring (bicyclic) bond motifs is 2. The Hall–Kier alpha value is -5.16. The van der Waals surface area contributed by atoms with Crippen molar-refractivity contribution in [2.75, 3.05) is 6.61 Å². The van der Waals surface area contributed by atoms with Gasteiger partial charge in [0.2, 0.25) is 0 Å². The zero-order chi connectivity index (χ0) is 33.1. The monoisotopic (exact) mass is 746 g/mol. The molecule has 232 valence electrons. The molecule has 0 spiro atoms. The molecule has 47 heavy (non-hydrogen) atoms. The minimum Gasteiger partial charge on any atom is -0.493 e. The molecule has 0 fully saturated rings. The van der Waals surface area contributed by atoms with E-state index < -0.39 is 0 Å². The summed E-state index contributed by atoms with van der Waals surface area (Å²) < 4.78 is 14.2. The van der Waals surface area contributed by atoms with Gasteiger partial charge in [-0.25, -0.2) is 0 Å². The number of nitrogens with one attached hydrogen (secondary N) is 2.